The first-order valence-electron chi connectivity index (χ1n) is 9.22. The molecule has 1 N–H and O–H groups in total. The highest BCUT2D eigenvalue weighted by molar-refractivity contribution is 7.99. The van der Waals surface area contributed by atoms with Crippen molar-refractivity contribution >= 4 is 35.0 Å². The molecule has 0 fully saturated rings. The van der Waals surface area contributed by atoms with E-state index in [0.29, 0.717) is 40.6 Å². The molecule has 6 nitrogen and oxygen atoms in total. The molecule has 29 heavy (non-hydrogen) atoms. The van der Waals surface area contributed by atoms with Crippen LogP contribution in [0.2, 0.25) is 5.02 Å². The van der Waals surface area contributed by atoms with Crippen LogP contribution in [0.3, 0.4) is 0 Å². The number of rotatable bonds is 9. The highest BCUT2D eigenvalue weighted by Crippen LogP contribution is 2.30. The third-order valence-electron chi connectivity index (χ3n) is 3.86. The number of hydrogen-bond acceptors (Lipinski definition) is 5. The molecule has 1 amide bonds. The normalized spacial score (nSPS) is 10.6. The third-order valence-corrected chi connectivity index (χ3v) is 5.06. The van der Waals surface area contributed by atoms with Crippen molar-refractivity contribution in [3.8, 4) is 17.2 Å². The topological polar surface area (TPSA) is 65.4 Å². The van der Waals surface area contributed by atoms with E-state index in [1.807, 2.05) is 54.9 Å². The van der Waals surface area contributed by atoms with Crippen LogP contribution in [-0.4, -0.2) is 34.4 Å². The molecule has 0 aliphatic carbocycles. The zero-order chi connectivity index (χ0) is 20.6. The number of halogens is 1. The zero-order valence-corrected chi connectivity index (χ0v) is 17.8. The van der Waals surface area contributed by atoms with E-state index < -0.39 is 0 Å². The van der Waals surface area contributed by atoms with Gasteiger partial charge in [-0.05, 0) is 44.2 Å². The lowest BCUT2D eigenvalue weighted by atomic mass is 10.2. The second kappa shape index (κ2) is 10.2. The molecule has 3 rings (SSSR count). The molecule has 0 bridgehead atoms. The molecular formula is C21H22ClN3O3S. The maximum Gasteiger partial charge on any atom is 0.234 e. The average molecular weight is 432 g/mol. The van der Waals surface area contributed by atoms with Crippen LogP contribution in [0.4, 0.5) is 5.69 Å². The fourth-order valence-electron chi connectivity index (χ4n) is 2.68. The Labute approximate surface area is 179 Å². The van der Waals surface area contributed by atoms with Gasteiger partial charge in [0.15, 0.2) is 5.16 Å². The van der Waals surface area contributed by atoms with Gasteiger partial charge in [0.25, 0.3) is 0 Å². The van der Waals surface area contributed by atoms with Gasteiger partial charge >= 0.3 is 0 Å². The molecular weight excluding hydrogens is 410 g/mol. The van der Waals surface area contributed by atoms with Gasteiger partial charge in [0, 0.05) is 29.2 Å². The molecule has 0 aliphatic rings. The van der Waals surface area contributed by atoms with Crippen molar-refractivity contribution in [2.24, 2.45) is 0 Å². The maximum absolute atomic E-state index is 12.5. The minimum atomic E-state index is -0.162. The van der Waals surface area contributed by atoms with Crippen molar-refractivity contribution < 1.29 is 14.3 Å². The molecule has 152 valence electrons. The molecule has 3 aromatic rings. The van der Waals surface area contributed by atoms with Crippen molar-refractivity contribution in [1.29, 1.82) is 0 Å². The van der Waals surface area contributed by atoms with E-state index in [1.165, 1.54) is 11.8 Å². The fraction of sp³-hybridized carbons (Fsp3) is 0.238. The predicted octanol–water partition coefficient (Wildman–Crippen LogP) is 5.05. The van der Waals surface area contributed by atoms with Gasteiger partial charge in [-0.3, -0.25) is 9.36 Å². The molecule has 0 saturated heterocycles. The highest BCUT2D eigenvalue weighted by atomic mass is 35.5. The lowest BCUT2D eigenvalue weighted by Crippen LogP contribution is -2.15. The number of imidazole rings is 1. The van der Waals surface area contributed by atoms with Crippen LogP contribution < -0.4 is 14.8 Å². The van der Waals surface area contributed by atoms with Gasteiger partial charge < -0.3 is 14.8 Å². The number of carbonyl (C=O) groups excluding carboxylic acids is 1. The summed E-state index contributed by atoms with van der Waals surface area (Å²) in [5.41, 5.74) is 1.47. The summed E-state index contributed by atoms with van der Waals surface area (Å²) in [7, 11) is 0. The van der Waals surface area contributed by atoms with Gasteiger partial charge in [0.05, 0.1) is 24.7 Å². The second-order valence-electron chi connectivity index (χ2n) is 5.92. The summed E-state index contributed by atoms with van der Waals surface area (Å²) in [5, 5.41) is 4.25. The molecule has 8 heteroatoms. The van der Waals surface area contributed by atoms with Crippen molar-refractivity contribution in [1.82, 2.24) is 9.55 Å². The van der Waals surface area contributed by atoms with Gasteiger partial charge in [-0.25, -0.2) is 4.98 Å². The Morgan fingerprint density at radius 3 is 2.76 bits per heavy atom. The third kappa shape index (κ3) is 5.68. The number of aromatic nitrogens is 2. The van der Waals surface area contributed by atoms with Gasteiger partial charge in [0.2, 0.25) is 5.91 Å². The standard InChI is InChI=1S/C21H22ClN3O3S/c1-3-27-17-8-9-19(28-4-2)18(13-17)24-20(26)14-29-21-23-10-11-25(21)16-7-5-6-15(22)12-16/h5-13H,3-4,14H2,1-2H3,(H,24,26). The number of benzene rings is 2. The van der Waals surface area contributed by atoms with E-state index in [2.05, 4.69) is 10.3 Å². The maximum atomic E-state index is 12.5. The summed E-state index contributed by atoms with van der Waals surface area (Å²) >= 11 is 7.42. The quantitative estimate of drug-likeness (QED) is 0.480. The lowest BCUT2D eigenvalue weighted by Gasteiger charge is -2.13. The average Bonchev–Trinajstić information content (AvgIpc) is 3.17. The molecule has 0 spiro atoms. The summed E-state index contributed by atoms with van der Waals surface area (Å²) in [6.07, 6.45) is 3.53. The Hall–Kier alpha value is -2.64. The fourth-order valence-corrected chi connectivity index (χ4v) is 3.64. The first kappa shape index (κ1) is 21.1. The molecule has 0 saturated carbocycles. The first-order valence-corrected chi connectivity index (χ1v) is 10.6. The largest absolute Gasteiger partial charge is 0.494 e. The summed E-state index contributed by atoms with van der Waals surface area (Å²) in [6.45, 7) is 4.85. The lowest BCUT2D eigenvalue weighted by molar-refractivity contribution is -0.113. The number of amides is 1. The Bertz CT molecular complexity index is 977. The van der Waals surface area contributed by atoms with Crippen LogP contribution in [0.1, 0.15) is 13.8 Å². The molecule has 0 radical (unpaired) electrons. The number of ether oxygens (including phenoxy) is 2. The molecule has 1 aromatic heterocycles. The number of hydrogen-bond donors (Lipinski definition) is 1. The number of nitrogens with one attached hydrogen (secondary N) is 1. The van der Waals surface area contributed by atoms with Crippen LogP contribution in [-0.2, 0) is 4.79 Å². The minimum absolute atomic E-state index is 0.162. The Morgan fingerprint density at radius 1 is 1.17 bits per heavy atom. The van der Waals surface area contributed by atoms with Crippen LogP contribution in [0, 0.1) is 0 Å². The Balaban J connectivity index is 1.68. The predicted molar refractivity (Wildman–Crippen MR) is 117 cm³/mol. The molecule has 1 heterocycles. The van der Waals surface area contributed by atoms with E-state index in [4.69, 9.17) is 21.1 Å². The van der Waals surface area contributed by atoms with E-state index in [9.17, 15) is 4.79 Å². The van der Waals surface area contributed by atoms with Gasteiger partial charge in [0.1, 0.15) is 11.5 Å². The molecule has 0 atom stereocenters. The van der Waals surface area contributed by atoms with Crippen LogP contribution in [0.25, 0.3) is 5.69 Å². The second-order valence-corrected chi connectivity index (χ2v) is 7.30. The monoisotopic (exact) mass is 431 g/mol. The van der Waals surface area contributed by atoms with Crippen molar-refractivity contribution in [3.63, 3.8) is 0 Å². The van der Waals surface area contributed by atoms with E-state index in [1.54, 1.807) is 18.3 Å². The molecule has 2 aromatic carbocycles. The summed E-state index contributed by atoms with van der Waals surface area (Å²) in [4.78, 5) is 16.9. The van der Waals surface area contributed by atoms with Gasteiger partial charge in [-0.2, -0.15) is 0 Å². The highest BCUT2D eigenvalue weighted by Gasteiger charge is 2.13. The minimum Gasteiger partial charge on any atom is -0.494 e. The summed E-state index contributed by atoms with van der Waals surface area (Å²) in [5.74, 6) is 1.32. The number of anilines is 1. The van der Waals surface area contributed by atoms with Crippen molar-refractivity contribution in [2.75, 3.05) is 24.3 Å². The van der Waals surface area contributed by atoms with Crippen molar-refractivity contribution in [2.45, 2.75) is 19.0 Å². The Morgan fingerprint density at radius 2 is 2.00 bits per heavy atom. The SMILES string of the molecule is CCOc1ccc(OCC)c(NC(=O)CSc2nccn2-c2cccc(Cl)c2)c1. The molecule has 0 aliphatic heterocycles. The van der Waals surface area contributed by atoms with E-state index in [-0.39, 0.29) is 11.7 Å². The summed E-state index contributed by atoms with van der Waals surface area (Å²) in [6, 6.07) is 12.9. The molecule has 0 unspecified atom stereocenters. The van der Waals surface area contributed by atoms with Gasteiger partial charge in [-0.1, -0.05) is 29.4 Å². The Kier molecular flexibility index (Phi) is 7.43. The van der Waals surface area contributed by atoms with E-state index in [0.717, 1.165) is 5.69 Å². The van der Waals surface area contributed by atoms with Crippen LogP contribution in [0.5, 0.6) is 11.5 Å². The number of thioether (sulfide) groups is 1. The first-order chi connectivity index (χ1) is 14.1. The van der Waals surface area contributed by atoms with Crippen LogP contribution in [0.15, 0.2) is 60.0 Å². The zero-order valence-electron chi connectivity index (χ0n) is 16.2. The van der Waals surface area contributed by atoms with Gasteiger partial charge in [-0.15, -0.1) is 0 Å². The van der Waals surface area contributed by atoms with Crippen LogP contribution >= 0.6 is 23.4 Å². The smallest absolute Gasteiger partial charge is 0.234 e. The summed E-state index contributed by atoms with van der Waals surface area (Å²) < 4.78 is 13.0. The van der Waals surface area contributed by atoms with Crippen molar-refractivity contribution in [3.05, 3.63) is 59.9 Å². The van der Waals surface area contributed by atoms with E-state index >= 15 is 0 Å². The number of nitrogens with zero attached hydrogens (tertiary/aromatic N) is 2. The number of carbonyl (C=O) groups is 1.